The highest BCUT2D eigenvalue weighted by Crippen LogP contribution is 2.32. The molecule has 0 unspecified atom stereocenters. The van der Waals surface area contributed by atoms with E-state index >= 15 is 0 Å². The van der Waals surface area contributed by atoms with Gasteiger partial charge in [-0.3, -0.25) is 9.59 Å². The predicted octanol–water partition coefficient (Wildman–Crippen LogP) is 6.95. The molecule has 1 aliphatic carbocycles. The Hall–Kier alpha value is -1.62. The first-order chi connectivity index (χ1) is 19.6. The number of thioether (sulfide) groups is 4. The smallest absolute Gasteiger partial charge is 0.314 e. The SMILES string of the molecule is CSCCSCCOc1ccc(OC(=O)C2CCC(C(=O)Oc3ccc(OCCSCCSC)cc3)CC2)cc1. The normalized spacial score (nSPS) is 16.8. The van der Waals surface area contributed by atoms with Gasteiger partial charge < -0.3 is 18.9 Å². The van der Waals surface area contributed by atoms with Crippen LogP contribution in [0.25, 0.3) is 0 Å². The Labute approximate surface area is 255 Å². The fourth-order valence-corrected chi connectivity index (χ4v) is 7.18. The average Bonchev–Trinajstić information content (AvgIpc) is 2.98. The molecule has 0 saturated heterocycles. The van der Waals surface area contributed by atoms with Gasteiger partial charge in [-0.2, -0.15) is 47.0 Å². The van der Waals surface area contributed by atoms with E-state index in [4.69, 9.17) is 18.9 Å². The molecule has 0 aromatic heterocycles. The Morgan fingerprint density at radius 3 is 1.27 bits per heavy atom. The number of carbonyl (C=O) groups excluding carboxylic acids is 2. The zero-order valence-electron chi connectivity index (χ0n) is 23.3. The van der Waals surface area contributed by atoms with Crippen molar-refractivity contribution in [2.24, 2.45) is 11.8 Å². The lowest BCUT2D eigenvalue weighted by atomic mass is 9.82. The van der Waals surface area contributed by atoms with Crippen molar-refractivity contribution in [2.75, 3.05) is 60.2 Å². The molecule has 1 fully saturated rings. The van der Waals surface area contributed by atoms with Crippen LogP contribution in [0.3, 0.4) is 0 Å². The molecule has 2 aromatic rings. The summed E-state index contributed by atoms with van der Waals surface area (Å²) in [5.41, 5.74) is 0. The monoisotopic (exact) mass is 624 g/mol. The van der Waals surface area contributed by atoms with Gasteiger partial charge in [-0.05, 0) is 86.7 Å². The van der Waals surface area contributed by atoms with Crippen LogP contribution in [0.1, 0.15) is 25.7 Å². The quantitative estimate of drug-likeness (QED) is 0.0988. The zero-order chi connectivity index (χ0) is 28.4. The minimum absolute atomic E-state index is 0.214. The number of rotatable bonds is 18. The summed E-state index contributed by atoms with van der Waals surface area (Å²) in [7, 11) is 0. The standard InChI is InChI=1S/C30H40O6S4/c1-37-19-21-39-17-15-33-25-7-11-27(12-8-25)35-29(31)23-3-5-24(6-4-23)30(32)36-28-13-9-26(10-14-28)34-16-18-40-22-20-38-2/h7-14,23-24H,3-6,15-22H2,1-2H3. The van der Waals surface area contributed by atoms with Gasteiger partial charge in [-0.1, -0.05) is 0 Å². The molecule has 0 bridgehead atoms. The summed E-state index contributed by atoms with van der Waals surface area (Å²) in [5.74, 6) is 8.10. The Kier molecular flexibility index (Phi) is 16.0. The lowest BCUT2D eigenvalue weighted by Gasteiger charge is -2.25. The summed E-state index contributed by atoms with van der Waals surface area (Å²) in [4.78, 5) is 25.4. The third kappa shape index (κ3) is 12.5. The van der Waals surface area contributed by atoms with E-state index in [1.54, 1.807) is 24.3 Å². The molecule has 0 aliphatic heterocycles. The summed E-state index contributed by atoms with van der Waals surface area (Å²) in [6.07, 6.45) is 6.65. The summed E-state index contributed by atoms with van der Waals surface area (Å²) >= 11 is 7.46. The molecule has 0 atom stereocenters. The summed E-state index contributed by atoms with van der Waals surface area (Å²) in [5, 5.41) is 0. The Bertz CT molecular complexity index is 913. The molecular formula is C30H40O6S4. The fourth-order valence-electron chi connectivity index (χ4n) is 4.10. The number of benzene rings is 2. The maximum absolute atomic E-state index is 12.7. The largest absolute Gasteiger partial charge is 0.493 e. The minimum atomic E-state index is -0.246. The highest BCUT2D eigenvalue weighted by atomic mass is 32.2. The maximum atomic E-state index is 12.7. The fraction of sp³-hybridized carbons (Fsp3) is 0.533. The van der Waals surface area contributed by atoms with Gasteiger partial charge in [0.2, 0.25) is 0 Å². The van der Waals surface area contributed by atoms with E-state index in [9.17, 15) is 9.59 Å². The van der Waals surface area contributed by atoms with Gasteiger partial charge in [-0.25, -0.2) is 0 Å². The Morgan fingerprint density at radius 2 is 0.925 bits per heavy atom. The van der Waals surface area contributed by atoms with Crippen LogP contribution in [-0.4, -0.2) is 72.2 Å². The minimum Gasteiger partial charge on any atom is -0.493 e. The molecule has 0 radical (unpaired) electrons. The topological polar surface area (TPSA) is 71.1 Å². The van der Waals surface area contributed by atoms with Gasteiger partial charge in [-0.15, -0.1) is 0 Å². The van der Waals surface area contributed by atoms with E-state index in [1.807, 2.05) is 71.3 Å². The van der Waals surface area contributed by atoms with Crippen molar-refractivity contribution in [3.05, 3.63) is 48.5 Å². The van der Waals surface area contributed by atoms with Gasteiger partial charge >= 0.3 is 11.9 Å². The molecule has 3 rings (SSSR count). The van der Waals surface area contributed by atoms with E-state index in [0.29, 0.717) is 50.4 Å². The third-order valence-corrected chi connectivity index (χ3v) is 9.97. The summed E-state index contributed by atoms with van der Waals surface area (Å²) in [6.45, 7) is 1.31. The maximum Gasteiger partial charge on any atom is 0.314 e. The van der Waals surface area contributed by atoms with Gasteiger partial charge in [0.15, 0.2) is 0 Å². The third-order valence-electron chi connectivity index (χ3n) is 6.33. The van der Waals surface area contributed by atoms with E-state index in [2.05, 4.69) is 12.5 Å². The molecule has 2 aromatic carbocycles. The van der Waals surface area contributed by atoms with E-state index in [0.717, 1.165) is 46.0 Å². The number of hydrogen-bond acceptors (Lipinski definition) is 10. The molecule has 0 N–H and O–H groups in total. The molecule has 6 nitrogen and oxygen atoms in total. The van der Waals surface area contributed by atoms with Crippen molar-refractivity contribution >= 4 is 59.0 Å². The molecule has 0 spiro atoms. The van der Waals surface area contributed by atoms with Crippen molar-refractivity contribution in [3.8, 4) is 23.0 Å². The molecule has 10 heteroatoms. The van der Waals surface area contributed by atoms with Crippen LogP contribution in [0.2, 0.25) is 0 Å². The second-order valence-electron chi connectivity index (χ2n) is 9.24. The number of ether oxygens (including phenoxy) is 4. The predicted molar refractivity (Wildman–Crippen MR) is 172 cm³/mol. The lowest BCUT2D eigenvalue weighted by Crippen LogP contribution is -2.30. The highest BCUT2D eigenvalue weighted by Gasteiger charge is 2.32. The molecule has 40 heavy (non-hydrogen) atoms. The van der Waals surface area contributed by atoms with Crippen LogP contribution in [0.4, 0.5) is 0 Å². The summed E-state index contributed by atoms with van der Waals surface area (Å²) < 4.78 is 22.7. The van der Waals surface area contributed by atoms with E-state index in [1.165, 1.54) is 0 Å². The molecule has 220 valence electrons. The van der Waals surface area contributed by atoms with Crippen LogP contribution in [0.15, 0.2) is 48.5 Å². The second-order valence-corrected chi connectivity index (χ2v) is 13.7. The number of carbonyl (C=O) groups is 2. The molecule has 1 aliphatic rings. The number of hydrogen-bond donors (Lipinski definition) is 0. The highest BCUT2D eigenvalue weighted by molar-refractivity contribution is 8.03. The van der Waals surface area contributed by atoms with Crippen molar-refractivity contribution in [1.82, 2.24) is 0 Å². The van der Waals surface area contributed by atoms with Crippen LogP contribution in [-0.2, 0) is 9.59 Å². The first kappa shape index (κ1) is 32.9. The molecule has 0 amide bonds. The van der Waals surface area contributed by atoms with Crippen molar-refractivity contribution < 1.29 is 28.5 Å². The van der Waals surface area contributed by atoms with Crippen LogP contribution in [0, 0.1) is 11.8 Å². The van der Waals surface area contributed by atoms with Crippen molar-refractivity contribution in [2.45, 2.75) is 25.7 Å². The average molecular weight is 625 g/mol. The first-order valence-electron chi connectivity index (χ1n) is 13.6. The Balaban J connectivity index is 1.32. The molecule has 1 saturated carbocycles. The van der Waals surface area contributed by atoms with Crippen LogP contribution >= 0.6 is 47.0 Å². The number of esters is 2. The molecule has 0 heterocycles. The van der Waals surface area contributed by atoms with Gasteiger partial charge in [0, 0.05) is 34.5 Å². The van der Waals surface area contributed by atoms with E-state index < -0.39 is 0 Å². The second kappa shape index (κ2) is 19.5. The van der Waals surface area contributed by atoms with Gasteiger partial charge in [0.25, 0.3) is 0 Å². The summed E-state index contributed by atoms with van der Waals surface area (Å²) in [6, 6.07) is 14.4. The van der Waals surface area contributed by atoms with Crippen LogP contribution < -0.4 is 18.9 Å². The first-order valence-corrected chi connectivity index (χ1v) is 18.7. The molecular weight excluding hydrogens is 585 g/mol. The van der Waals surface area contributed by atoms with Crippen LogP contribution in [0.5, 0.6) is 23.0 Å². The van der Waals surface area contributed by atoms with Crippen molar-refractivity contribution in [1.29, 1.82) is 0 Å². The van der Waals surface area contributed by atoms with E-state index in [-0.39, 0.29) is 23.8 Å². The van der Waals surface area contributed by atoms with Crippen molar-refractivity contribution in [3.63, 3.8) is 0 Å². The van der Waals surface area contributed by atoms with Gasteiger partial charge in [0.05, 0.1) is 25.0 Å². The van der Waals surface area contributed by atoms with Gasteiger partial charge in [0.1, 0.15) is 23.0 Å². The Morgan fingerprint density at radius 1 is 0.575 bits per heavy atom. The lowest BCUT2D eigenvalue weighted by molar-refractivity contribution is -0.145. The zero-order valence-corrected chi connectivity index (χ0v) is 26.6.